The molecule has 0 spiro atoms. The molecule has 1 aromatic carbocycles. The van der Waals surface area contributed by atoms with E-state index >= 15 is 0 Å². The molecule has 0 heterocycles. The van der Waals surface area contributed by atoms with Crippen LogP contribution in [-0.4, -0.2) is 16.8 Å². The molecule has 0 aromatic heterocycles. The standard InChI is InChI=1S/C15H18BrNO/c1-11(2)9-15(18)17(13-7-8-13)10-12-5-3-4-6-14(12)16/h3-6,9,13H,7-8,10H2,1-2H3. The minimum Gasteiger partial charge on any atom is -0.332 e. The van der Waals surface area contributed by atoms with Gasteiger partial charge in [-0.1, -0.05) is 39.7 Å². The summed E-state index contributed by atoms with van der Waals surface area (Å²) in [5, 5.41) is 0. The monoisotopic (exact) mass is 307 g/mol. The van der Waals surface area contributed by atoms with Gasteiger partial charge in [-0.2, -0.15) is 0 Å². The van der Waals surface area contributed by atoms with Crippen LogP contribution in [0.25, 0.3) is 0 Å². The quantitative estimate of drug-likeness (QED) is 0.772. The summed E-state index contributed by atoms with van der Waals surface area (Å²) in [6.07, 6.45) is 3.99. The molecule has 1 aliphatic rings. The normalized spacial score (nSPS) is 14.2. The molecule has 1 fully saturated rings. The van der Waals surface area contributed by atoms with Gasteiger partial charge < -0.3 is 4.90 Å². The number of amides is 1. The summed E-state index contributed by atoms with van der Waals surface area (Å²) in [4.78, 5) is 14.2. The Morgan fingerprint density at radius 3 is 2.61 bits per heavy atom. The summed E-state index contributed by atoms with van der Waals surface area (Å²) in [5.41, 5.74) is 2.22. The molecular weight excluding hydrogens is 290 g/mol. The molecule has 1 aliphatic carbocycles. The first kappa shape index (κ1) is 13.3. The second kappa shape index (κ2) is 5.70. The SMILES string of the molecule is CC(C)=CC(=O)N(Cc1ccccc1Br)C1CC1. The van der Waals surface area contributed by atoms with Gasteiger partial charge in [0, 0.05) is 23.1 Å². The number of hydrogen-bond acceptors (Lipinski definition) is 1. The molecule has 1 aromatic rings. The van der Waals surface area contributed by atoms with Crippen LogP contribution in [0.3, 0.4) is 0 Å². The number of allylic oxidation sites excluding steroid dienone is 1. The van der Waals surface area contributed by atoms with Gasteiger partial charge in [0.1, 0.15) is 0 Å². The van der Waals surface area contributed by atoms with E-state index in [-0.39, 0.29) is 5.91 Å². The van der Waals surface area contributed by atoms with Gasteiger partial charge in [0.2, 0.25) is 5.91 Å². The molecule has 1 amide bonds. The fraction of sp³-hybridized carbons (Fsp3) is 0.400. The topological polar surface area (TPSA) is 20.3 Å². The zero-order chi connectivity index (χ0) is 13.1. The number of carbonyl (C=O) groups is 1. The summed E-state index contributed by atoms with van der Waals surface area (Å²) in [6.45, 7) is 4.61. The lowest BCUT2D eigenvalue weighted by Crippen LogP contribution is -2.31. The van der Waals surface area contributed by atoms with Gasteiger partial charge in [-0.3, -0.25) is 4.79 Å². The summed E-state index contributed by atoms with van der Waals surface area (Å²) in [6, 6.07) is 8.52. The Morgan fingerprint density at radius 2 is 2.06 bits per heavy atom. The van der Waals surface area contributed by atoms with Crippen LogP contribution in [0.15, 0.2) is 40.4 Å². The lowest BCUT2D eigenvalue weighted by molar-refractivity contribution is -0.127. The van der Waals surface area contributed by atoms with Crippen molar-refractivity contribution >= 4 is 21.8 Å². The Labute approximate surface area is 117 Å². The minimum atomic E-state index is 0.133. The van der Waals surface area contributed by atoms with Gasteiger partial charge in [0.15, 0.2) is 0 Å². The van der Waals surface area contributed by atoms with Crippen molar-refractivity contribution in [2.24, 2.45) is 0 Å². The van der Waals surface area contributed by atoms with E-state index in [1.54, 1.807) is 6.08 Å². The molecule has 1 saturated carbocycles. The van der Waals surface area contributed by atoms with Gasteiger partial charge >= 0.3 is 0 Å². The third-order valence-electron chi connectivity index (χ3n) is 2.98. The molecule has 0 aliphatic heterocycles. The van der Waals surface area contributed by atoms with E-state index in [2.05, 4.69) is 22.0 Å². The summed E-state index contributed by atoms with van der Waals surface area (Å²) < 4.78 is 1.07. The van der Waals surface area contributed by atoms with Crippen molar-refractivity contribution in [1.82, 2.24) is 4.90 Å². The summed E-state index contributed by atoms with van der Waals surface area (Å²) in [5.74, 6) is 0.133. The van der Waals surface area contributed by atoms with Crippen molar-refractivity contribution in [2.45, 2.75) is 39.3 Å². The molecule has 96 valence electrons. The summed E-state index contributed by atoms with van der Waals surface area (Å²) >= 11 is 3.54. The average Bonchev–Trinajstić information content (AvgIpc) is 3.11. The highest BCUT2D eigenvalue weighted by atomic mass is 79.9. The third-order valence-corrected chi connectivity index (χ3v) is 3.76. The predicted octanol–water partition coefficient (Wildman–Crippen LogP) is 3.91. The second-order valence-electron chi connectivity index (χ2n) is 5.01. The van der Waals surface area contributed by atoms with E-state index < -0.39 is 0 Å². The van der Waals surface area contributed by atoms with E-state index in [1.165, 1.54) is 5.56 Å². The zero-order valence-corrected chi connectivity index (χ0v) is 12.4. The van der Waals surface area contributed by atoms with Crippen LogP contribution in [-0.2, 0) is 11.3 Å². The molecule has 0 N–H and O–H groups in total. The highest BCUT2D eigenvalue weighted by Gasteiger charge is 2.31. The van der Waals surface area contributed by atoms with Gasteiger partial charge in [-0.15, -0.1) is 0 Å². The lowest BCUT2D eigenvalue weighted by Gasteiger charge is -2.22. The number of rotatable bonds is 4. The molecule has 0 radical (unpaired) electrons. The first-order valence-corrected chi connectivity index (χ1v) is 7.06. The van der Waals surface area contributed by atoms with E-state index in [0.29, 0.717) is 12.6 Å². The highest BCUT2D eigenvalue weighted by molar-refractivity contribution is 9.10. The van der Waals surface area contributed by atoms with E-state index in [9.17, 15) is 4.79 Å². The number of nitrogens with zero attached hydrogens (tertiary/aromatic N) is 1. The van der Waals surface area contributed by atoms with Crippen LogP contribution < -0.4 is 0 Å². The second-order valence-corrected chi connectivity index (χ2v) is 5.86. The van der Waals surface area contributed by atoms with Crippen LogP contribution in [0, 0.1) is 0 Å². The van der Waals surface area contributed by atoms with Crippen LogP contribution in [0.2, 0.25) is 0 Å². The van der Waals surface area contributed by atoms with Crippen LogP contribution >= 0.6 is 15.9 Å². The van der Waals surface area contributed by atoms with Crippen LogP contribution in [0.4, 0.5) is 0 Å². The highest BCUT2D eigenvalue weighted by Crippen LogP contribution is 2.30. The largest absolute Gasteiger partial charge is 0.332 e. The maximum atomic E-state index is 12.2. The molecule has 2 nitrogen and oxygen atoms in total. The average molecular weight is 308 g/mol. The molecule has 0 saturated heterocycles. The summed E-state index contributed by atoms with van der Waals surface area (Å²) in [7, 11) is 0. The minimum absolute atomic E-state index is 0.133. The molecule has 18 heavy (non-hydrogen) atoms. The number of hydrogen-bond donors (Lipinski definition) is 0. The van der Waals surface area contributed by atoms with Crippen molar-refractivity contribution in [2.75, 3.05) is 0 Å². The molecule has 2 rings (SSSR count). The van der Waals surface area contributed by atoms with Crippen molar-refractivity contribution in [3.05, 3.63) is 46.0 Å². The Balaban J connectivity index is 2.15. The van der Waals surface area contributed by atoms with Crippen molar-refractivity contribution in [3.63, 3.8) is 0 Å². The molecule has 0 atom stereocenters. The fourth-order valence-electron chi connectivity index (χ4n) is 1.91. The van der Waals surface area contributed by atoms with E-state index in [4.69, 9.17) is 0 Å². The molecule has 0 unspecified atom stereocenters. The van der Waals surface area contributed by atoms with Gasteiger partial charge in [-0.05, 0) is 38.3 Å². The molecular formula is C15H18BrNO. The first-order valence-electron chi connectivity index (χ1n) is 6.27. The van der Waals surface area contributed by atoms with Gasteiger partial charge in [-0.25, -0.2) is 0 Å². The smallest absolute Gasteiger partial charge is 0.247 e. The van der Waals surface area contributed by atoms with Crippen molar-refractivity contribution < 1.29 is 4.79 Å². The van der Waals surface area contributed by atoms with Crippen LogP contribution in [0.5, 0.6) is 0 Å². The van der Waals surface area contributed by atoms with Gasteiger partial charge in [0.05, 0.1) is 0 Å². The fourth-order valence-corrected chi connectivity index (χ4v) is 2.32. The van der Waals surface area contributed by atoms with Crippen molar-refractivity contribution in [1.29, 1.82) is 0 Å². The Bertz CT molecular complexity index is 473. The van der Waals surface area contributed by atoms with Crippen LogP contribution in [0.1, 0.15) is 32.3 Å². The van der Waals surface area contributed by atoms with Gasteiger partial charge in [0.25, 0.3) is 0 Å². The maximum absolute atomic E-state index is 12.2. The van der Waals surface area contributed by atoms with E-state index in [1.807, 2.05) is 36.9 Å². The number of halogens is 1. The van der Waals surface area contributed by atoms with Crippen molar-refractivity contribution in [3.8, 4) is 0 Å². The third kappa shape index (κ3) is 3.45. The number of benzene rings is 1. The number of carbonyl (C=O) groups excluding carboxylic acids is 1. The Morgan fingerprint density at radius 1 is 1.39 bits per heavy atom. The maximum Gasteiger partial charge on any atom is 0.247 e. The zero-order valence-electron chi connectivity index (χ0n) is 10.8. The Hall–Kier alpha value is -1.09. The predicted molar refractivity (Wildman–Crippen MR) is 77.1 cm³/mol. The first-order chi connectivity index (χ1) is 8.58. The molecule has 0 bridgehead atoms. The lowest BCUT2D eigenvalue weighted by atomic mass is 10.2. The molecule has 3 heteroatoms. The Kier molecular flexibility index (Phi) is 4.23. The van der Waals surface area contributed by atoms with E-state index in [0.717, 1.165) is 22.9 Å².